The zero-order valence-corrected chi connectivity index (χ0v) is 12.2. The topological polar surface area (TPSA) is 36.9 Å². The molecule has 4 rings (SSSR count). The highest BCUT2D eigenvalue weighted by molar-refractivity contribution is 7.97. The van der Waals surface area contributed by atoms with Crippen LogP contribution in [-0.2, 0) is 11.5 Å². The number of rotatable bonds is 4. The molecule has 2 aromatic rings. The lowest BCUT2D eigenvalue weighted by atomic mass is 10.2. The fourth-order valence-electron chi connectivity index (χ4n) is 2.35. The zero-order valence-electron chi connectivity index (χ0n) is 11.3. The maximum absolute atomic E-state index is 5.39. The van der Waals surface area contributed by atoms with Crippen LogP contribution in [0.15, 0.2) is 36.4 Å². The van der Waals surface area contributed by atoms with Crippen LogP contribution >= 0.6 is 11.8 Å². The Bertz CT molecular complexity index is 614. The van der Waals surface area contributed by atoms with Crippen molar-refractivity contribution in [2.24, 2.45) is 0 Å². The zero-order chi connectivity index (χ0) is 14.1. The van der Waals surface area contributed by atoms with Gasteiger partial charge in [0.05, 0.1) is 0 Å². The summed E-state index contributed by atoms with van der Waals surface area (Å²) >= 11 is 1.86. The first-order chi connectivity index (χ1) is 10.4. The maximum Gasteiger partial charge on any atom is 0.231 e. The van der Waals surface area contributed by atoms with Crippen LogP contribution in [0, 0.1) is 0 Å². The van der Waals surface area contributed by atoms with Crippen LogP contribution in [-0.4, -0.2) is 13.6 Å². The Hall–Kier alpha value is -2.01. The summed E-state index contributed by atoms with van der Waals surface area (Å²) < 4.78 is 21.4. The molecule has 21 heavy (non-hydrogen) atoms. The molecule has 0 saturated carbocycles. The predicted molar refractivity (Wildman–Crippen MR) is 80.1 cm³/mol. The van der Waals surface area contributed by atoms with Gasteiger partial charge in [0.2, 0.25) is 13.6 Å². The molecule has 2 heterocycles. The van der Waals surface area contributed by atoms with Crippen LogP contribution in [0.3, 0.4) is 0 Å². The Kier molecular flexibility index (Phi) is 3.27. The molecule has 0 N–H and O–H groups in total. The van der Waals surface area contributed by atoms with Crippen molar-refractivity contribution in [2.75, 3.05) is 13.6 Å². The lowest BCUT2D eigenvalue weighted by Gasteiger charge is -2.05. The Morgan fingerprint density at radius 1 is 0.667 bits per heavy atom. The smallest absolute Gasteiger partial charge is 0.231 e. The number of hydrogen-bond donors (Lipinski definition) is 0. The van der Waals surface area contributed by atoms with Gasteiger partial charge in [-0.15, -0.1) is 0 Å². The molecule has 2 aromatic carbocycles. The van der Waals surface area contributed by atoms with E-state index in [4.69, 9.17) is 18.9 Å². The lowest BCUT2D eigenvalue weighted by molar-refractivity contribution is 0.173. The van der Waals surface area contributed by atoms with Gasteiger partial charge >= 0.3 is 0 Å². The molecule has 0 atom stereocenters. The summed E-state index contributed by atoms with van der Waals surface area (Å²) in [5.41, 5.74) is 2.48. The van der Waals surface area contributed by atoms with Gasteiger partial charge in [-0.25, -0.2) is 0 Å². The van der Waals surface area contributed by atoms with Gasteiger partial charge in [0, 0.05) is 11.5 Å². The Labute approximate surface area is 127 Å². The van der Waals surface area contributed by atoms with Crippen LogP contribution in [0.25, 0.3) is 0 Å². The average Bonchev–Trinajstić information content (AvgIpc) is 3.14. The highest BCUT2D eigenvalue weighted by atomic mass is 32.2. The van der Waals surface area contributed by atoms with Crippen LogP contribution in [0.5, 0.6) is 23.0 Å². The van der Waals surface area contributed by atoms with Gasteiger partial charge < -0.3 is 18.9 Å². The minimum Gasteiger partial charge on any atom is -0.454 e. The Balaban J connectivity index is 1.37. The molecule has 0 amide bonds. The highest BCUT2D eigenvalue weighted by Crippen LogP contribution is 2.35. The molecule has 2 aliphatic rings. The first-order valence-electron chi connectivity index (χ1n) is 6.73. The maximum atomic E-state index is 5.39. The highest BCUT2D eigenvalue weighted by Gasteiger charge is 2.14. The second-order valence-electron chi connectivity index (χ2n) is 4.87. The minimum atomic E-state index is 0.323. The van der Waals surface area contributed by atoms with E-state index in [0.717, 1.165) is 34.5 Å². The molecule has 0 spiro atoms. The monoisotopic (exact) mass is 302 g/mol. The van der Waals surface area contributed by atoms with Crippen LogP contribution in [0.1, 0.15) is 11.1 Å². The standard InChI is InChI=1S/C16H14O4S/c1-3-13-15(19-9-17-13)5-11(1)7-21-8-12-2-4-14-16(6-12)20-10-18-14/h1-6H,7-10H2. The molecule has 0 radical (unpaired) electrons. The van der Waals surface area contributed by atoms with Gasteiger partial charge in [0.1, 0.15) is 0 Å². The van der Waals surface area contributed by atoms with Gasteiger partial charge in [-0.2, -0.15) is 11.8 Å². The Morgan fingerprint density at radius 3 is 1.67 bits per heavy atom. The number of fused-ring (bicyclic) bond motifs is 2. The first-order valence-corrected chi connectivity index (χ1v) is 7.89. The van der Waals surface area contributed by atoms with E-state index in [1.54, 1.807) is 0 Å². The molecular weight excluding hydrogens is 288 g/mol. The van der Waals surface area contributed by atoms with E-state index in [9.17, 15) is 0 Å². The molecule has 0 aromatic heterocycles. The molecular formula is C16H14O4S. The largest absolute Gasteiger partial charge is 0.454 e. The second-order valence-corrected chi connectivity index (χ2v) is 5.85. The first kappa shape index (κ1) is 12.7. The van der Waals surface area contributed by atoms with E-state index in [1.165, 1.54) is 11.1 Å². The number of benzene rings is 2. The van der Waals surface area contributed by atoms with Crippen LogP contribution < -0.4 is 18.9 Å². The van der Waals surface area contributed by atoms with E-state index >= 15 is 0 Å². The third-order valence-corrected chi connectivity index (χ3v) is 4.49. The quantitative estimate of drug-likeness (QED) is 0.863. The SMILES string of the molecule is c1cc2c(cc1CSCc1ccc3c(c1)OCO3)OCO2. The summed E-state index contributed by atoms with van der Waals surface area (Å²) in [6.07, 6.45) is 0. The summed E-state index contributed by atoms with van der Waals surface area (Å²) in [4.78, 5) is 0. The summed E-state index contributed by atoms with van der Waals surface area (Å²) in [7, 11) is 0. The van der Waals surface area contributed by atoms with Crippen molar-refractivity contribution in [1.29, 1.82) is 0 Å². The fraction of sp³-hybridized carbons (Fsp3) is 0.250. The molecule has 0 fully saturated rings. The minimum absolute atomic E-state index is 0.323. The van der Waals surface area contributed by atoms with E-state index in [2.05, 4.69) is 24.3 Å². The number of ether oxygens (including phenoxy) is 4. The van der Waals surface area contributed by atoms with Crippen molar-refractivity contribution in [3.8, 4) is 23.0 Å². The molecule has 0 unspecified atom stereocenters. The predicted octanol–water partition coefficient (Wildman–Crippen LogP) is 3.58. The number of hydrogen-bond acceptors (Lipinski definition) is 5. The van der Waals surface area contributed by atoms with Crippen molar-refractivity contribution in [3.05, 3.63) is 47.5 Å². The van der Waals surface area contributed by atoms with Crippen molar-refractivity contribution in [1.82, 2.24) is 0 Å². The van der Waals surface area contributed by atoms with E-state index in [-0.39, 0.29) is 0 Å². The van der Waals surface area contributed by atoms with Crippen LogP contribution in [0.4, 0.5) is 0 Å². The summed E-state index contributed by atoms with van der Waals surface area (Å²) in [6.45, 7) is 0.645. The molecule has 0 saturated heterocycles. The number of thioether (sulfide) groups is 1. The molecule has 5 heteroatoms. The van der Waals surface area contributed by atoms with Gasteiger partial charge in [-0.05, 0) is 35.4 Å². The molecule has 0 aliphatic carbocycles. The molecule has 0 bridgehead atoms. The van der Waals surface area contributed by atoms with Crippen molar-refractivity contribution < 1.29 is 18.9 Å². The fourth-order valence-corrected chi connectivity index (χ4v) is 3.28. The van der Waals surface area contributed by atoms with Gasteiger partial charge in [0.15, 0.2) is 23.0 Å². The third kappa shape index (κ3) is 2.61. The molecule has 2 aliphatic heterocycles. The lowest BCUT2D eigenvalue weighted by Crippen LogP contribution is -1.93. The normalized spacial score (nSPS) is 14.5. The molecule has 4 nitrogen and oxygen atoms in total. The van der Waals surface area contributed by atoms with Gasteiger partial charge in [0.25, 0.3) is 0 Å². The van der Waals surface area contributed by atoms with Crippen molar-refractivity contribution in [2.45, 2.75) is 11.5 Å². The Morgan fingerprint density at radius 2 is 1.14 bits per heavy atom. The second kappa shape index (κ2) is 5.41. The molecule has 108 valence electrons. The van der Waals surface area contributed by atoms with Crippen LogP contribution in [0.2, 0.25) is 0 Å². The van der Waals surface area contributed by atoms with E-state index in [1.807, 2.05) is 23.9 Å². The summed E-state index contributed by atoms with van der Waals surface area (Å²) in [5.74, 6) is 5.22. The van der Waals surface area contributed by atoms with E-state index in [0.29, 0.717) is 13.6 Å². The summed E-state index contributed by atoms with van der Waals surface area (Å²) in [5, 5.41) is 0. The van der Waals surface area contributed by atoms with Crippen molar-refractivity contribution in [3.63, 3.8) is 0 Å². The third-order valence-electron chi connectivity index (χ3n) is 3.41. The average molecular weight is 302 g/mol. The van der Waals surface area contributed by atoms with Gasteiger partial charge in [-0.1, -0.05) is 12.1 Å². The van der Waals surface area contributed by atoms with Gasteiger partial charge in [-0.3, -0.25) is 0 Å². The van der Waals surface area contributed by atoms with Crippen molar-refractivity contribution >= 4 is 11.8 Å². The van der Waals surface area contributed by atoms with E-state index < -0.39 is 0 Å². The summed E-state index contributed by atoms with van der Waals surface area (Å²) in [6, 6.07) is 12.2.